The van der Waals surface area contributed by atoms with E-state index in [-0.39, 0.29) is 11.1 Å². The van der Waals surface area contributed by atoms with Gasteiger partial charge >= 0.3 is 0 Å². The van der Waals surface area contributed by atoms with Gasteiger partial charge in [0.15, 0.2) is 0 Å². The third-order valence-electron chi connectivity index (χ3n) is 3.81. The van der Waals surface area contributed by atoms with E-state index in [0.29, 0.717) is 0 Å². The first-order valence-electron chi connectivity index (χ1n) is 7.24. The fraction of sp³-hybridized carbons (Fsp3) is 0.867. The molecule has 3 heteroatoms. The van der Waals surface area contributed by atoms with Crippen molar-refractivity contribution in [3.8, 4) is 0 Å². The van der Waals surface area contributed by atoms with Gasteiger partial charge in [-0.05, 0) is 37.5 Å². The lowest BCUT2D eigenvalue weighted by Crippen LogP contribution is -2.44. The third-order valence-corrected chi connectivity index (χ3v) is 3.81. The number of amides is 1. The maximum absolute atomic E-state index is 10.9. The summed E-state index contributed by atoms with van der Waals surface area (Å²) in [4.78, 5) is 15.9. The molecule has 0 bridgehead atoms. The van der Waals surface area contributed by atoms with Crippen molar-refractivity contribution in [3.63, 3.8) is 0 Å². The van der Waals surface area contributed by atoms with Crippen LogP contribution < -0.4 is 5.32 Å². The number of hydrogen-bond acceptors (Lipinski definition) is 2. The molecule has 0 aromatic heterocycles. The van der Waals surface area contributed by atoms with E-state index in [1.807, 2.05) is 0 Å². The SMILES string of the molecule is CC/C(=N\C1(NC=O)CCCCCC1)C(C)(C)C. The van der Waals surface area contributed by atoms with Crippen molar-refractivity contribution in [2.45, 2.75) is 78.3 Å². The number of nitrogens with one attached hydrogen (secondary N) is 1. The minimum Gasteiger partial charge on any atom is -0.334 e. The molecule has 1 saturated carbocycles. The summed E-state index contributed by atoms with van der Waals surface area (Å²) in [7, 11) is 0. The van der Waals surface area contributed by atoms with E-state index in [1.54, 1.807) is 0 Å². The number of carbonyl (C=O) groups is 1. The molecule has 0 aliphatic heterocycles. The summed E-state index contributed by atoms with van der Waals surface area (Å²) in [5.41, 5.74) is 0.953. The van der Waals surface area contributed by atoms with Gasteiger partial charge in [0.25, 0.3) is 0 Å². The van der Waals surface area contributed by atoms with Crippen LogP contribution in [0.15, 0.2) is 4.99 Å². The Morgan fingerprint density at radius 1 is 1.22 bits per heavy atom. The molecule has 1 aliphatic rings. The molecule has 18 heavy (non-hydrogen) atoms. The van der Waals surface area contributed by atoms with E-state index in [1.165, 1.54) is 18.6 Å². The molecule has 0 aromatic rings. The number of nitrogens with zero attached hydrogens (tertiary/aromatic N) is 1. The summed E-state index contributed by atoms with van der Waals surface area (Å²) < 4.78 is 0. The monoisotopic (exact) mass is 252 g/mol. The average Bonchev–Trinajstić information content (AvgIpc) is 2.51. The molecule has 1 amide bonds. The smallest absolute Gasteiger partial charge is 0.208 e. The van der Waals surface area contributed by atoms with Crippen LogP contribution >= 0.6 is 0 Å². The third kappa shape index (κ3) is 4.11. The lowest BCUT2D eigenvalue weighted by Gasteiger charge is -2.32. The van der Waals surface area contributed by atoms with Crippen molar-refractivity contribution in [3.05, 3.63) is 0 Å². The summed E-state index contributed by atoms with van der Waals surface area (Å²) >= 11 is 0. The molecule has 0 atom stereocenters. The normalized spacial score (nSPS) is 21.2. The molecule has 0 radical (unpaired) electrons. The number of aliphatic imine (C=N–C) groups is 1. The van der Waals surface area contributed by atoms with Gasteiger partial charge in [-0.25, -0.2) is 0 Å². The molecule has 1 N–H and O–H groups in total. The highest BCUT2D eigenvalue weighted by Gasteiger charge is 2.31. The van der Waals surface area contributed by atoms with Crippen LogP contribution in [0.1, 0.15) is 72.6 Å². The predicted octanol–water partition coefficient (Wildman–Crippen LogP) is 3.68. The molecular weight excluding hydrogens is 224 g/mol. The zero-order chi connectivity index (χ0) is 13.6. The first kappa shape index (κ1) is 15.2. The van der Waals surface area contributed by atoms with Crippen molar-refractivity contribution in [1.82, 2.24) is 5.32 Å². The van der Waals surface area contributed by atoms with Crippen molar-refractivity contribution in [2.75, 3.05) is 0 Å². The highest BCUT2D eigenvalue weighted by Crippen LogP contribution is 2.31. The van der Waals surface area contributed by atoms with Crippen LogP contribution in [0.5, 0.6) is 0 Å². The van der Waals surface area contributed by atoms with Crippen LogP contribution in [0.3, 0.4) is 0 Å². The summed E-state index contributed by atoms with van der Waals surface area (Å²) in [5.74, 6) is 0. The Kier molecular flexibility index (Phi) is 5.36. The van der Waals surface area contributed by atoms with Crippen LogP contribution in [0.25, 0.3) is 0 Å². The first-order chi connectivity index (χ1) is 8.43. The molecule has 1 aliphatic carbocycles. The predicted molar refractivity (Wildman–Crippen MR) is 76.8 cm³/mol. The standard InChI is InChI=1S/C15H28N2O/c1-5-13(14(2,3)4)17-15(16-12-18)10-8-6-7-9-11-15/h12H,5-11H2,1-4H3,(H,16,18)/b17-13+. The van der Waals surface area contributed by atoms with Crippen molar-refractivity contribution in [1.29, 1.82) is 0 Å². The van der Waals surface area contributed by atoms with E-state index >= 15 is 0 Å². The van der Waals surface area contributed by atoms with Gasteiger partial charge in [-0.2, -0.15) is 0 Å². The Labute approximate surface area is 111 Å². The van der Waals surface area contributed by atoms with Gasteiger partial charge in [0, 0.05) is 5.71 Å². The second kappa shape index (κ2) is 6.35. The number of rotatable bonds is 4. The highest BCUT2D eigenvalue weighted by atomic mass is 16.1. The Morgan fingerprint density at radius 3 is 2.17 bits per heavy atom. The van der Waals surface area contributed by atoms with E-state index in [9.17, 15) is 4.79 Å². The summed E-state index contributed by atoms with van der Waals surface area (Å²) in [6.45, 7) is 8.73. The van der Waals surface area contributed by atoms with Gasteiger partial charge in [0.1, 0.15) is 5.66 Å². The van der Waals surface area contributed by atoms with Gasteiger partial charge in [-0.15, -0.1) is 0 Å². The van der Waals surface area contributed by atoms with Crippen LogP contribution in [-0.4, -0.2) is 17.8 Å². The Balaban J connectivity index is 3.01. The second-order valence-corrected chi connectivity index (χ2v) is 6.37. The Morgan fingerprint density at radius 2 is 1.78 bits per heavy atom. The molecule has 0 aromatic carbocycles. The molecule has 104 valence electrons. The fourth-order valence-electron chi connectivity index (χ4n) is 2.75. The molecular formula is C15H28N2O. The summed E-state index contributed by atoms with van der Waals surface area (Å²) in [6, 6.07) is 0. The number of carbonyl (C=O) groups excluding carboxylic acids is 1. The lowest BCUT2D eigenvalue weighted by molar-refractivity contribution is -0.111. The zero-order valence-electron chi connectivity index (χ0n) is 12.4. The van der Waals surface area contributed by atoms with E-state index in [2.05, 4.69) is 33.0 Å². The van der Waals surface area contributed by atoms with Gasteiger partial charge in [0.2, 0.25) is 6.41 Å². The minimum atomic E-state index is -0.336. The largest absolute Gasteiger partial charge is 0.334 e. The maximum atomic E-state index is 10.9. The molecule has 1 rings (SSSR count). The fourth-order valence-corrected chi connectivity index (χ4v) is 2.75. The van der Waals surface area contributed by atoms with Crippen molar-refractivity contribution >= 4 is 12.1 Å². The van der Waals surface area contributed by atoms with Crippen LogP contribution in [0.2, 0.25) is 0 Å². The average molecular weight is 252 g/mol. The molecule has 1 fully saturated rings. The van der Waals surface area contributed by atoms with E-state index in [4.69, 9.17) is 4.99 Å². The molecule has 3 nitrogen and oxygen atoms in total. The molecule has 0 spiro atoms. The van der Waals surface area contributed by atoms with Crippen LogP contribution in [0, 0.1) is 5.41 Å². The quantitative estimate of drug-likeness (QED) is 0.463. The van der Waals surface area contributed by atoms with Crippen LogP contribution in [-0.2, 0) is 4.79 Å². The first-order valence-corrected chi connectivity index (χ1v) is 7.24. The highest BCUT2D eigenvalue weighted by molar-refractivity contribution is 5.89. The molecule has 0 saturated heterocycles. The second-order valence-electron chi connectivity index (χ2n) is 6.37. The van der Waals surface area contributed by atoms with E-state index < -0.39 is 0 Å². The number of hydrogen-bond donors (Lipinski definition) is 1. The summed E-state index contributed by atoms with van der Waals surface area (Å²) in [6.07, 6.45) is 8.56. The maximum Gasteiger partial charge on any atom is 0.208 e. The molecule has 0 heterocycles. The summed E-state index contributed by atoms with van der Waals surface area (Å²) in [5, 5.41) is 3.01. The van der Waals surface area contributed by atoms with Gasteiger partial charge in [-0.1, -0.05) is 40.5 Å². The van der Waals surface area contributed by atoms with Crippen LogP contribution in [0.4, 0.5) is 0 Å². The lowest BCUT2D eigenvalue weighted by atomic mass is 9.87. The topological polar surface area (TPSA) is 41.5 Å². The Hall–Kier alpha value is -0.860. The Bertz CT molecular complexity index is 294. The molecule has 0 unspecified atom stereocenters. The minimum absolute atomic E-state index is 0.0820. The van der Waals surface area contributed by atoms with E-state index in [0.717, 1.165) is 38.5 Å². The van der Waals surface area contributed by atoms with Crippen molar-refractivity contribution in [2.24, 2.45) is 10.4 Å². The van der Waals surface area contributed by atoms with Gasteiger partial charge in [-0.3, -0.25) is 9.79 Å². The van der Waals surface area contributed by atoms with Gasteiger partial charge < -0.3 is 5.32 Å². The zero-order valence-corrected chi connectivity index (χ0v) is 12.4. The van der Waals surface area contributed by atoms with Gasteiger partial charge in [0.05, 0.1) is 0 Å². The van der Waals surface area contributed by atoms with Crippen molar-refractivity contribution < 1.29 is 4.79 Å².